The predicted octanol–water partition coefficient (Wildman–Crippen LogP) is 2.37. The van der Waals surface area contributed by atoms with Gasteiger partial charge in [0.15, 0.2) is 0 Å². The van der Waals surface area contributed by atoms with Crippen LogP contribution in [-0.4, -0.2) is 56.2 Å². The molecule has 0 aromatic heterocycles. The highest BCUT2D eigenvalue weighted by atomic mass is 35.5. The van der Waals surface area contributed by atoms with Crippen molar-refractivity contribution in [1.29, 1.82) is 0 Å². The lowest BCUT2D eigenvalue weighted by molar-refractivity contribution is -0.144. The Labute approximate surface area is 147 Å². The molecule has 1 aromatic carbocycles. The first kappa shape index (κ1) is 18.4. The van der Waals surface area contributed by atoms with Crippen LogP contribution in [0.5, 0.6) is 0 Å². The molecule has 24 heavy (non-hydrogen) atoms. The molecule has 1 N–H and O–H groups in total. The van der Waals surface area contributed by atoms with Crippen molar-refractivity contribution in [3.05, 3.63) is 29.3 Å². The third-order valence-corrected chi connectivity index (χ3v) is 4.38. The zero-order valence-electron chi connectivity index (χ0n) is 14.3. The smallest absolute Gasteiger partial charge is 0.328 e. The Morgan fingerprint density at radius 1 is 1.21 bits per heavy atom. The van der Waals surface area contributed by atoms with E-state index in [-0.39, 0.29) is 11.9 Å². The van der Waals surface area contributed by atoms with Gasteiger partial charge in [-0.3, -0.25) is 0 Å². The lowest BCUT2D eigenvalue weighted by atomic mass is 10.1. The Morgan fingerprint density at radius 3 is 2.42 bits per heavy atom. The van der Waals surface area contributed by atoms with Crippen molar-refractivity contribution in [2.24, 2.45) is 5.92 Å². The molecule has 0 saturated carbocycles. The summed E-state index contributed by atoms with van der Waals surface area (Å²) in [5.74, 6) is -0.454. The van der Waals surface area contributed by atoms with Gasteiger partial charge in [0.1, 0.15) is 6.04 Å². The maximum absolute atomic E-state index is 12.4. The summed E-state index contributed by atoms with van der Waals surface area (Å²) < 4.78 is 4.76. The highest BCUT2D eigenvalue weighted by Crippen LogP contribution is 2.20. The molecule has 0 bridgehead atoms. The first-order valence-corrected chi connectivity index (χ1v) is 8.44. The van der Waals surface area contributed by atoms with E-state index in [1.54, 1.807) is 4.90 Å². The quantitative estimate of drug-likeness (QED) is 0.844. The van der Waals surface area contributed by atoms with Crippen LogP contribution in [0.3, 0.4) is 0 Å². The van der Waals surface area contributed by atoms with Gasteiger partial charge in [0.25, 0.3) is 0 Å². The van der Waals surface area contributed by atoms with Crippen LogP contribution in [0.4, 0.5) is 10.5 Å². The van der Waals surface area contributed by atoms with Gasteiger partial charge in [-0.25, -0.2) is 9.59 Å². The SMILES string of the molecule is COC(=O)C(NC(=O)N1CCN(c2cccc(Cl)c2)CC1)C(C)C. The molecule has 0 radical (unpaired) electrons. The Bertz CT molecular complexity index is 586. The zero-order chi connectivity index (χ0) is 17.7. The molecular formula is C17H24ClN3O3. The summed E-state index contributed by atoms with van der Waals surface area (Å²) in [6.07, 6.45) is 0. The highest BCUT2D eigenvalue weighted by molar-refractivity contribution is 6.30. The Balaban J connectivity index is 1.91. The fourth-order valence-corrected chi connectivity index (χ4v) is 2.87. The first-order chi connectivity index (χ1) is 11.4. The minimum Gasteiger partial charge on any atom is -0.467 e. The van der Waals surface area contributed by atoms with E-state index >= 15 is 0 Å². The van der Waals surface area contributed by atoms with Crippen LogP contribution in [0.15, 0.2) is 24.3 Å². The lowest BCUT2D eigenvalue weighted by Crippen LogP contribution is -2.55. The molecule has 7 heteroatoms. The van der Waals surface area contributed by atoms with Crippen molar-refractivity contribution < 1.29 is 14.3 Å². The molecule has 1 heterocycles. The Morgan fingerprint density at radius 2 is 1.88 bits per heavy atom. The number of amides is 2. The minimum absolute atomic E-state index is 0.0332. The van der Waals surface area contributed by atoms with Gasteiger partial charge >= 0.3 is 12.0 Å². The van der Waals surface area contributed by atoms with Crippen LogP contribution in [0.25, 0.3) is 0 Å². The van der Waals surface area contributed by atoms with Gasteiger partial charge in [-0.1, -0.05) is 31.5 Å². The van der Waals surface area contributed by atoms with Crippen LogP contribution in [-0.2, 0) is 9.53 Å². The summed E-state index contributed by atoms with van der Waals surface area (Å²) in [5, 5.41) is 3.47. The number of nitrogens with one attached hydrogen (secondary N) is 1. The monoisotopic (exact) mass is 353 g/mol. The van der Waals surface area contributed by atoms with Crippen molar-refractivity contribution in [3.63, 3.8) is 0 Å². The van der Waals surface area contributed by atoms with Gasteiger partial charge in [-0.05, 0) is 24.1 Å². The molecule has 1 saturated heterocycles. The van der Waals surface area contributed by atoms with E-state index in [2.05, 4.69) is 10.2 Å². The van der Waals surface area contributed by atoms with Crippen LogP contribution in [0, 0.1) is 5.92 Å². The number of hydrogen-bond acceptors (Lipinski definition) is 4. The molecule has 1 aliphatic rings. The van der Waals surface area contributed by atoms with Gasteiger partial charge in [0.05, 0.1) is 7.11 Å². The number of rotatable bonds is 4. The number of halogens is 1. The largest absolute Gasteiger partial charge is 0.467 e. The van der Waals surface area contributed by atoms with E-state index in [1.807, 2.05) is 38.1 Å². The van der Waals surface area contributed by atoms with Crippen LogP contribution < -0.4 is 10.2 Å². The number of carbonyl (C=O) groups excluding carboxylic acids is 2. The number of esters is 1. The third kappa shape index (κ3) is 4.54. The Hall–Kier alpha value is -1.95. The summed E-state index contributed by atoms with van der Waals surface area (Å²) >= 11 is 6.03. The molecule has 0 spiro atoms. The number of benzene rings is 1. The van der Waals surface area contributed by atoms with Crippen LogP contribution in [0.2, 0.25) is 5.02 Å². The lowest BCUT2D eigenvalue weighted by Gasteiger charge is -2.36. The second kappa shape index (κ2) is 8.24. The first-order valence-electron chi connectivity index (χ1n) is 8.06. The van der Waals surface area contributed by atoms with E-state index in [0.29, 0.717) is 18.1 Å². The van der Waals surface area contributed by atoms with Crippen molar-refractivity contribution in [1.82, 2.24) is 10.2 Å². The molecule has 132 valence electrons. The van der Waals surface area contributed by atoms with Crippen molar-refractivity contribution in [2.75, 3.05) is 38.2 Å². The topological polar surface area (TPSA) is 61.9 Å². The number of hydrogen-bond donors (Lipinski definition) is 1. The number of carbonyl (C=O) groups is 2. The summed E-state index contributed by atoms with van der Waals surface area (Å²) in [5.41, 5.74) is 1.05. The number of methoxy groups -OCH3 is 1. The molecule has 2 rings (SSSR count). The molecule has 1 unspecified atom stereocenters. The number of nitrogens with zero attached hydrogens (tertiary/aromatic N) is 2. The van der Waals surface area contributed by atoms with Crippen molar-refractivity contribution in [3.8, 4) is 0 Å². The maximum Gasteiger partial charge on any atom is 0.328 e. The average molecular weight is 354 g/mol. The van der Waals surface area contributed by atoms with Crippen LogP contribution >= 0.6 is 11.6 Å². The molecule has 1 atom stereocenters. The molecule has 1 aliphatic heterocycles. The van der Waals surface area contributed by atoms with Gasteiger partial charge in [-0.15, -0.1) is 0 Å². The van der Waals surface area contributed by atoms with Crippen molar-refractivity contribution in [2.45, 2.75) is 19.9 Å². The second-order valence-electron chi connectivity index (χ2n) is 6.15. The number of piperazine rings is 1. The molecule has 2 amide bonds. The van der Waals surface area contributed by atoms with E-state index in [0.717, 1.165) is 18.8 Å². The average Bonchev–Trinajstić information content (AvgIpc) is 2.58. The van der Waals surface area contributed by atoms with E-state index in [9.17, 15) is 9.59 Å². The molecule has 6 nitrogen and oxygen atoms in total. The van der Waals surface area contributed by atoms with Crippen molar-refractivity contribution >= 4 is 29.3 Å². The summed E-state index contributed by atoms with van der Waals surface area (Å²) in [7, 11) is 1.33. The summed E-state index contributed by atoms with van der Waals surface area (Å²) in [4.78, 5) is 28.1. The Kier molecular flexibility index (Phi) is 6.31. The van der Waals surface area contributed by atoms with E-state index in [4.69, 9.17) is 16.3 Å². The highest BCUT2D eigenvalue weighted by Gasteiger charge is 2.28. The standard InChI is InChI=1S/C17H24ClN3O3/c1-12(2)15(16(22)24-3)19-17(23)21-9-7-20(8-10-21)14-6-4-5-13(18)11-14/h4-6,11-12,15H,7-10H2,1-3H3,(H,19,23). The molecule has 1 fully saturated rings. The third-order valence-electron chi connectivity index (χ3n) is 4.14. The van der Waals surface area contributed by atoms with Gasteiger partial charge in [0.2, 0.25) is 0 Å². The summed E-state index contributed by atoms with van der Waals surface area (Å²) in [6, 6.07) is 6.82. The van der Waals surface area contributed by atoms with Crippen LogP contribution in [0.1, 0.15) is 13.8 Å². The molecule has 0 aliphatic carbocycles. The zero-order valence-corrected chi connectivity index (χ0v) is 15.0. The maximum atomic E-state index is 12.4. The normalized spacial score (nSPS) is 16.0. The van der Waals surface area contributed by atoms with E-state index < -0.39 is 12.0 Å². The van der Waals surface area contributed by atoms with Gasteiger partial charge in [0, 0.05) is 36.9 Å². The molecular weight excluding hydrogens is 330 g/mol. The van der Waals surface area contributed by atoms with E-state index in [1.165, 1.54) is 7.11 Å². The second-order valence-corrected chi connectivity index (χ2v) is 6.58. The predicted molar refractivity (Wildman–Crippen MR) is 94.4 cm³/mol. The fraction of sp³-hybridized carbons (Fsp3) is 0.529. The number of ether oxygens (including phenoxy) is 1. The fourth-order valence-electron chi connectivity index (χ4n) is 2.69. The summed E-state index contributed by atoms with van der Waals surface area (Å²) in [6.45, 7) is 6.36. The minimum atomic E-state index is -0.631. The molecule has 1 aromatic rings. The van der Waals surface area contributed by atoms with Gasteiger partial charge in [-0.2, -0.15) is 0 Å². The number of anilines is 1. The van der Waals surface area contributed by atoms with Gasteiger partial charge < -0.3 is 19.9 Å². The number of urea groups is 1.